The maximum atomic E-state index is 12.7. The van der Waals surface area contributed by atoms with Crippen LogP contribution in [0.25, 0.3) is 4.96 Å². The third kappa shape index (κ3) is 3.91. The second-order valence-electron chi connectivity index (χ2n) is 7.31. The number of aromatic nitrogens is 3. The van der Waals surface area contributed by atoms with E-state index in [2.05, 4.69) is 26.4 Å². The minimum Gasteiger partial charge on any atom is -0.352 e. The Hall–Kier alpha value is -2.74. The third-order valence-corrected chi connectivity index (χ3v) is 5.94. The Morgan fingerprint density at radius 2 is 2.18 bits per heavy atom. The Kier molecular flexibility index (Phi) is 5.13. The van der Waals surface area contributed by atoms with Gasteiger partial charge in [-0.25, -0.2) is 4.98 Å². The van der Waals surface area contributed by atoms with Crippen LogP contribution in [-0.2, 0) is 11.3 Å². The number of benzene rings is 1. The fourth-order valence-electron chi connectivity index (χ4n) is 3.56. The molecule has 0 bridgehead atoms. The van der Waals surface area contributed by atoms with Gasteiger partial charge in [-0.1, -0.05) is 41.2 Å². The summed E-state index contributed by atoms with van der Waals surface area (Å²) in [6, 6.07) is 9.64. The summed E-state index contributed by atoms with van der Waals surface area (Å²) in [5, 5.41) is 8.23. The Labute approximate surface area is 167 Å². The largest absolute Gasteiger partial charge is 0.352 e. The number of aryl methyl sites for hydroxylation is 2. The highest BCUT2D eigenvalue weighted by molar-refractivity contribution is 7.20. The van der Waals surface area contributed by atoms with Crippen LogP contribution in [-0.4, -0.2) is 33.6 Å². The zero-order valence-corrected chi connectivity index (χ0v) is 16.8. The standard InChI is InChI=1S/C20H23N5O2S/c1-13-5-3-6-15(9-13)11-21-18(27)16-7-4-8-24(12-16)20-23-25-17(26)10-14(2)22-19(25)28-20/h3,5-6,9-10,16H,4,7-8,11-12H2,1-2H3,(H,21,27)/t16-/m1/s1. The van der Waals surface area contributed by atoms with Crippen LogP contribution in [0.15, 0.2) is 35.1 Å². The number of rotatable bonds is 4. The molecule has 3 heterocycles. The highest BCUT2D eigenvalue weighted by atomic mass is 32.1. The van der Waals surface area contributed by atoms with Crippen molar-refractivity contribution in [3.63, 3.8) is 0 Å². The fourth-order valence-corrected chi connectivity index (χ4v) is 4.55. The third-order valence-electron chi connectivity index (χ3n) is 4.97. The van der Waals surface area contributed by atoms with E-state index < -0.39 is 0 Å². The van der Waals surface area contributed by atoms with Crippen LogP contribution < -0.4 is 15.8 Å². The van der Waals surface area contributed by atoms with Crippen LogP contribution in [0.3, 0.4) is 0 Å². The van der Waals surface area contributed by atoms with Crippen molar-refractivity contribution in [2.24, 2.45) is 5.92 Å². The summed E-state index contributed by atoms with van der Waals surface area (Å²) in [6.45, 7) is 5.82. The van der Waals surface area contributed by atoms with Gasteiger partial charge in [-0.2, -0.15) is 4.52 Å². The van der Waals surface area contributed by atoms with Crippen molar-refractivity contribution < 1.29 is 4.79 Å². The van der Waals surface area contributed by atoms with Crippen molar-refractivity contribution >= 4 is 27.3 Å². The van der Waals surface area contributed by atoms with Gasteiger partial charge in [-0.05, 0) is 32.3 Å². The number of piperidine rings is 1. The molecule has 8 heteroatoms. The first-order valence-corrected chi connectivity index (χ1v) is 10.3. The summed E-state index contributed by atoms with van der Waals surface area (Å²) < 4.78 is 1.34. The van der Waals surface area contributed by atoms with E-state index >= 15 is 0 Å². The molecule has 1 atom stereocenters. The van der Waals surface area contributed by atoms with Crippen LogP contribution in [0.1, 0.15) is 29.7 Å². The maximum Gasteiger partial charge on any atom is 0.275 e. The van der Waals surface area contributed by atoms with Gasteiger partial charge in [0.25, 0.3) is 5.56 Å². The van der Waals surface area contributed by atoms with E-state index in [9.17, 15) is 9.59 Å². The predicted molar refractivity (Wildman–Crippen MR) is 110 cm³/mol. The second-order valence-corrected chi connectivity index (χ2v) is 8.24. The molecule has 146 valence electrons. The van der Waals surface area contributed by atoms with E-state index in [-0.39, 0.29) is 17.4 Å². The summed E-state index contributed by atoms with van der Waals surface area (Å²) in [4.78, 5) is 31.8. The average Bonchev–Trinajstić information content (AvgIpc) is 3.11. The van der Waals surface area contributed by atoms with Gasteiger partial charge in [0.2, 0.25) is 16.0 Å². The van der Waals surface area contributed by atoms with E-state index in [4.69, 9.17) is 0 Å². The lowest BCUT2D eigenvalue weighted by Gasteiger charge is -2.31. The number of carbonyl (C=O) groups is 1. The Balaban J connectivity index is 1.44. The van der Waals surface area contributed by atoms with Gasteiger partial charge in [-0.15, -0.1) is 5.10 Å². The minimum atomic E-state index is -0.172. The maximum absolute atomic E-state index is 12.7. The quantitative estimate of drug-likeness (QED) is 0.731. The number of anilines is 1. The second kappa shape index (κ2) is 7.71. The van der Waals surface area contributed by atoms with Gasteiger partial charge in [0.05, 0.1) is 5.92 Å². The summed E-state index contributed by atoms with van der Waals surface area (Å²) in [7, 11) is 0. The number of nitrogens with one attached hydrogen (secondary N) is 1. The lowest BCUT2D eigenvalue weighted by molar-refractivity contribution is -0.125. The van der Waals surface area contributed by atoms with Crippen molar-refractivity contribution in [2.75, 3.05) is 18.0 Å². The summed E-state index contributed by atoms with van der Waals surface area (Å²) in [5.41, 5.74) is 2.81. The highest BCUT2D eigenvalue weighted by Crippen LogP contribution is 2.27. The SMILES string of the molecule is Cc1cccc(CNC(=O)[C@@H]2CCCN(c3nn4c(=O)cc(C)nc4s3)C2)c1. The van der Waals surface area contributed by atoms with E-state index in [0.717, 1.165) is 30.1 Å². The number of amides is 1. The minimum absolute atomic E-state index is 0.0680. The molecule has 0 radical (unpaired) electrons. The average molecular weight is 398 g/mol. The molecule has 1 amide bonds. The molecule has 3 aromatic rings. The molecule has 1 aliphatic heterocycles. The summed E-state index contributed by atoms with van der Waals surface area (Å²) in [6.07, 6.45) is 1.78. The van der Waals surface area contributed by atoms with E-state index in [1.807, 2.05) is 25.1 Å². The first kappa shape index (κ1) is 18.6. The Bertz CT molecular complexity index is 1070. The molecule has 0 saturated carbocycles. The molecular weight excluding hydrogens is 374 g/mol. The molecule has 1 aliphatic rings. The molecule has 1 fully saturated rings. The molecule has 7 nitrogen and oxygen atoms in total. The van der Waals surface area contributed by atoms with Gasteiger partial charge in [0.15, 0.2) is 0 Å². The van der Waals surface area contributed by atoms with Crippen LogP contribution >= 0.6 is 11.3 Å². The molecule has 2 aromatic heterocycles. The van der Waals surface area contributed by atoms with Crippen molar-refractivity contribution in [3.8, 4) is 0 Å². The van der Waals surface area contributed by atoms with Crippen LogP contribution in [0.4, 0.5) is 5.13 Å². The lowest BCUT2D eigenvalue weighted by atomic mass is 9.97. The van der Waals surface area contributed by atoms with Crippen LogP contribution in [0, 0.1) is 19.8 Å². The van der Waals surface area contributed by atoms with Crippen LogP contribution in [0.2, 0.25) is 0 Å². The van der Waals surface area contributed by atoms with Crippen molar-refractivity contribution in [1.29, 1.82) is 0 Å². The number of nitrogens with zero attached hydrogens (tertiary/aromatic N) is 4. The van der Waals surface area contributed by atoms with Crippen molar-refractivity contribution in [2.45, 2.75) is 33.2 Å². The van der Waals surface area contributed by atoms with Crippen LogP contribution in [0.5, 0.6) is 0 Å². The zero-order chi connectivity index (χ0) is 19.7. The normalized spacial score (nSPS) is 17.1. The van der Waals surface area contributed by atoms with Crippen molar-refractivity contribution in [1.82, 2.24) is 19.9 Å². The Morgan fingerprint density at radius 1 is 1.32 bits per heavy atom. The molecule has 0 aliphatic carbocycles. The molecule has 1 saturated heterocycles. The first-order valence-electron chi connectivity index (χ1n) is 9.45. The molecule has 1 N–H and O–H groups in total. The number of carbonyl (C=O) groups excluding carboxylic acids is 1. The fraction of sp³-hybridized carbons (Fsp3) is 0.400. The lowest BCUT2D eigenvalue weighted by Crippen LogP contribution is -2.43. The van der Waals surface area contributed by atoms with E-state index in [0.29, 0.717) is 23.7 Å². The topological polar surface area (TPSA) is 79.6 Å². The number of fused-ring (bicyclic) bond motifs is 1. The van der Waals surface area contributed by atoms with E-state index in [1.165, 1.54) is 27.5 Å². The van der Waals surface area contributed by atoms with Gasteiger partial charge in [0.1, 0.15) is 0 Å². The molecule has 28 heavy (non-hydrogen) atoms. The van der Waals surface area contributed by atoms with Gasteiger partial charge >= 0.3 is 0 Å². The molecule has 1 aromatic carbocycles. The highest BCUT2D eigenvalue weighted by Gasteiger charge is 2.27. The van der Waals surface area contributed by atoms with E-state index in [1.54, 1.807) is 6.92 Å². The summed E-state index contributed by atoms with van der Waals surface area (Å²) in [5.74, 6) is -0.0181. The smallest absolute Gasteiger partial charge is 0.275 e. The zero-order valence-electron chi connectivity index (χ0n) is 16.0. The van der Waals surface area contributed by atoms with Gasteiger partial charge in [-0.3, -0.25) is 9.59 Å². The number of hydrogen-bond acceptors (Lipinski definition) is 6. The molecular formula is C20H23N5O2S. The van der Waals surface area contributed by atoms with Crippen molar-refractivity contribution in [3.05, 3.63) is 57.5 Å². The molecule has 4 rings (SSSR count). The monoisotopic (exact) mass is 397 g/mol. The van der Waals surface area contributed by atoms with Gasteiger partial charge in [0, 0.05) is 31.4 Å². The summed E-state index contributed by atoms with van der Waals surface area (Å²) >= 11 is 1.39. The first-order chi connectivity index (χ1) is 13.5. The predicted octanol–water partition coefficient (Wildman–Crippen LogP) is 2.30. The molecule has 0 unspecified atom stereocenters. The molecule has 0 spiro atoms. The van der Waals surface area contributed by atoms with Gasteiger partial charge < -0.3 is 10.2 Å². The Morgan fingerprint density at radius 3 is 3.00 bits per heavy atom. The number of hydrogen-bond donors (Lipinski definition) is 1.